The third-order valence-electron chi connectivity index (χ3n) is 4.01. The van der Waals surface area contributed by atoms with Crippen LogP contribution in [0.5, 0.6) is 0 Å². The minimum absolute atomic E-state index is 0.245. The van der Waals surface area contributed by atoms with Crippen LogP contribution in [0.25, 0.3) is 0 Å². The number of rotatable bonds is 5. The standard InChI is InChI=1S/C19H20Br2N2O/c1-12(2)18-11-24-19(23-18)16-5-3-4-6-17(16)22-10-13-7-14(20)9-15(21)8-13/h3-9,12,18,22H,10-11H2,1-2H3/t18-/m1/s1. The fourth-order valence-electron chi connectivity index (χ4n) is 2.61. The molecule has 0 fully saturated rings. The fraction of sp³-hybridized carbons (Fsp3) is 0.316. The molecule has 24 heavy (non-hydrogen) atoms. The predicted octanol–water partition coefficient (Wildman–Crippen LogP) is 5.63. The molecule has 1 heterocycles. The van der Waals surface area contributed by atoms with Crippen molar-refractivity contribution >= 4 is 43.4 Å². The van der Waals surface area contributed by atoms with E-state index in [2.05, 4.69) is 75.3 Å². The molecule has 5 heteroatoms. The van der Waals surface area contributed by atoms with E-state index in [0.29, 0.717) is 12.5 Å². The van der Waals surface area contributed by atoms with E-state index in [9.17, 15) is 0 Å². The lowest BCUT2D eigenvalue weighted by atomic mass is 10.1. The van der Waals surface area contributed by atoms with Crippen molar-refractivity contribution in [1.82, 2.24) is 0 Å². The summed E-state index contributed by atoms with van der Waals surface area (Å²) in [6, 6.07) is 14.7. The molecule has 2 aromatic carbocycles. The fourth-order valence-corrected chi connectivity index (χ4v) is 4.00. The molecule has 1 N–H and O–H groups in total. The summed E-state index contributed by atoms with van der Waals surface area (Å²) >= 11 is 7.06. The van der Waals surface area contributed by atoms with E-state index in [0.717, 1.165) is 32.6 Å². The number of hydrogen-bond acceptors (Lipinski definition) is 3. The van der Waals surface area contributed by atoms with Gasteiger partial charge in [0, 0.05) is 21.2 Å². The van der Waals surface area contributed by atoms with Crippen molar-refractivity contribution < 1.29 is 4.74 Å². The van der Waals surface area contributed by atoms with Gasteiger partial charge < -0.3 is 10.1 Å². The first-order valence-electron chi connectivity index (χ1n) is 8.02. The zero-order valence-electron chi connectivity index (χ0n) is 13.7. The smallest absolute Gasteiger partial charge is 0.218 e. The summed E-state index contributed by atoms with van der Waals surface area (Å²) in [5.41, 5.74) is 3.26. The van der Waals surface area contributed by atoms with Crippen LogP contribution < -0.4 is 5.32 Å². The van der Waals surface area contributed by atoms with Crippen molar-refractivity contribution in [3.8, 4) is 0 Å². The highest BCUT2D eigenvalue weighted by molar-refractivity contribution is 9.11. The van der Waals surface area contributed by atoms with E-state index in [1.807, 2.05) is 18.2 Å². The van der Waals surface area contributed by atoms with Crippen LogP contribution in [0.3, 0.4) is 0 Å². The van der Waals surface area contributed by atoms with Gasteiger partial charge in [0.25, 0.3) is 0 Å². The van der Waals surface area contributed by atoms with Crippen LogP contribution in [0, 0.1) is 5.92 Å². The molecule has 1 aliphatic rings. The second-order valence-corrected chi connectivity index (χ2v) is 8.06. The number of nitrogens with zero attached hydrogens (tertiary/aromatic N) is 1. The van der Waals surface area contributed by atoms with Gasteiger partial charge in [0.1, 0.15) is 6.61 Å². The molecule has 126 valence electrons. The molecule has 0 aromatic heterocycles. The Morgan fingerprint density at radius 3 is 2.54 bits per heavy atom. The van der Waals surface area contributed by atoms with Gasteiger partial charge in [-0.2, -0.15) is 0 Å². The monoisotopic (exact) mass is 450 g/mol. The van der Waals surface area contributed by atoms with Gasteiger partial charge in [0.15, 0.2) is 0 Å². The number of anilines is 1. The Bertz CT molecular complexity index is 739. The van der Waals surface area contributed by atoms with E-state index in [1.54, 1.807) is 0 Å². The highest BCUT2D eigenvalue weighted by Gasteiger charge is 2.24. The lowest BCUT2D eigenvalue weighted by Gasteiger charge is -2.12. The summed E-state index contributed by atoms with van der Waals surface area (Å²) in [5.74, 6) is 1.23. The second kappa shape index (κ2) is 7.70. The maximum absolute atomic E-state index is 5.84. The van der Waals surface area contributed by atoms with Crippen LogP contribution in [-0.4, -0.2) is 18.5 Å². The zero-order valence-corrected chi connectivity index (χ0v) is 16.9. The lowest BCUT2D eigenvalue weighted by Crippen LogP contribution is -2.13. The Balaban J connectivity index is 1.79. The molecule has 0 saturated carbocycles. The Kier molecular flexibility index (Phi) is 5.61. The SMILES string of the molecule is CC(C)[C@H]1COC(c2ccccc2NCc2cc(Br)cc(Br)c2)=N1. The van der Waals surface area contributed by atoms with E-state index in [1.165, 1.54) is 5.56 Å². The topological polar surface area (TPSA) is 33.6 Å². The summed E-state index contributed by atoms with van der Waals surface area (Å²) in [7, 11) is 0. The van der Waals surface area contributed by atoms with Crippen molar-refractivity contribution in [3.63, 3.8) is 0 Å². The van der Waals surface area contributed by atoms with Crippen molar-refractivity contribution in [2.24, 2.45) is 10.9 Å². The molecule has 0 spiro atoms. The second-order valence-electron chi connectivity index (χ2n) is 6.23. The molecule has 0 aliphatic carbocycles. The third kappa shape index (κ3) is 4.19. The summed E-state index contributed by atoms with van der Waals surface area (Å²) < 4.78 is 7.96. The largest absolute Gasteiger partial charge is 0.475 e. The highest BCUT2D eigenvalue weighted by Crippen LogP contribution is 2.25. The van der Waals surface area contributed by atoms with Crippen LogP contribution in [0.2, 0.25) is 0 Å². The quantitative estimate of drug-likeness (QED) is 0.639. The Labute approximate surface area is 159 Å². The molecular formula is C19H20Br2N2O. The molecule has 1 atom stereocenters. The van der Waals surface area contributed by atoms with Gasteiger partial charge in [-0.05, 0) is 41.8 Å². The summed E-state index contributed by atoms with van der Waals surface area (Å²) in [5, 5.41) is 3.50. The van der Waals surface area contributed by atoms with Crippen LogP contribution in [0.15, 0.2) is 56.4 Å². The van der Waals surface area contributed by atoms with Crippen molar-refractivity contribution in [1.29, 1.82) is 0 Å². The number of nitrogens with one attached hydrogen (secondary N) is 1. The van der Waals surface area contributed by atoms with Crippen LogP contribution in [0.4, 0.5) is 5.69 Å². The van der Waals surface area contributed by atoms with E-state index < -0.39 is 0 Å². The van der Waals surface area contributed by atoms with Crippen molar-refractivity contribution in [3.05, 3.63) is 62.5 Å². The number of halogens is 2. The first-order valence-corrected chi connectivity index (χ1v) is 9.60. The Morgan fingerprint density at radius 1 is 1.17 bits per heavy atom. The zero-order chi connectivity index (χ0) is 17.1. The number of aliphatic imine (C=N–C) groups is 1. The first kappa shape index (κ1) is 17.5. The van der Waals surface area contributed by atoms with Gasteiger partial charge in [-0.3, -0.25) is 0 Å². The third-order valence-corrected chi connectivity index (χ3v) is 4.92. The average molecular weight is 452 g/mol. The van der Waals surface area contributed by atoms with Gasteiger partial charge >= 0.3 is 0 Å². The van der Waals surface area contributed by atoms with Crippen LogP contribution in [0.1, 0.15) is 25.0 Å². The molecule has 0 amide bonds. The van der Waals surface area contributed by atoms with Gasteiger partial charge in [-0.15, -0.1) is 0 Å². The average Bonchev–Trinajstić information content (AvgIpc) is 3.02. The van der Waals surface area contributed by atoms with Gasteiger partial charge in [0.05, 0.1) is 11.6 Å². The minimum Gasteiger partial charge on any atom is -0.475 e. The lowest BCUT2D eigenvalue weighted by molar-refractivity contribution is 0.292. The van der Waals surface area contributed by atoms with Crippen LogP contribution in [-0.2, 0) is 11.3 Å². The number of ether oxygens (including phenoxy) is 1. The van der Waals surface area contributed by atoms with E-state index >= 15 is 0 Å². The molecule has 0 radical (unpaired) electrons. The Hall–Kier alpha value is -1.33. The maximum atomic E-state index is 5.84. The molecule has 1 aliphatic heterocycles. The molecule has 3 rings (SSSR count). The normalized spacial score (nSPS) is 16.9. The van der Waals surface area contributed by atoms with Gasteiger partial charge in [0.2, 0.25) is 5.90 Å². The summed E-state index contributed by atoms with van der Waals surface area (Å²) in [4.78, 5) is 4.74. The number of para-hydroxylation sites is 1. The van der Waals surface area contributed by atoms with Gasteiger partial charge in [-0.25, -0.2) is 4.99 Å². The van der Waals surface area contributed by atoms with E-state index in [4.69, 9.17) is 9.73 Å². The van der Waals surface area contributed by atoms with Crippen molar-refractivity contribution in [2.75, 3.05) is 11.9 Å². The molecule has 0 unspecified atom stereocenters. The van der Waals surface area contributed by atoms with E-state index in [-0.39, 0.29) is 6.04 Å². The van der Waals surface area contributed by atoms with Crippen LogP contribution >= 0.6 is 31.9 Å². The summed E-state index contributed by atoms with van der Waals surface area (Å²) in [6.07, 6.45) is 0. The number of benzene rings is 2. The highest BCUT2D eigenvalue weighted by atomic mass is 79.9. The predicted molar refractivity (Wildman–Crippen MR) is 107 cm³/mol. The maximum Gasteiger partial charge on any atom is 0.218 e. The van der Waals surface area contributed by atoms with Gasteiger partial charge in [-0.1, -0.05) is 57.8 Å². The molecule has 0 saturated heterocycles. The van der Waals surface area contributed by atoms with Crippen molar-refractivity contribution in [2.45, 2.75) is 26.4 Å². The molecule has 3 nitrogen and oxygen atoms in total. The molecule has 2 aromatic rings. The minimum atomic E-state index is 0.245. The Morgan fingerprint density at radius 2 is 1.88 bits per heavy atom. The number of hydrogen-bond donors (Lipinski definition) is 1. The first-order chi connectivity index (χ1) is 11.5. The molecule has 0 bridgehead atoms. The summed E-state index contributed by atoms with van der Waals surface area (Å²) in [6.45, 7) is 5.75. The molecular weight excluding hydrogens is 432 g/mol.